The Hall–Kier alpha value is -2.87. The number of nitrogens with one attached hydrogen (secondary N) is 2. The fourth-order valence-electron chi connectivity index (χ4n) is 5.84. The fourth-order valence-corrected chi connectivity index (χ4v) is 6.33. The summed E-state index contributed by atoms with van der Waals surface area (Å²) in [6.07, 6.45) is 7.78. The van der Waals surface area contributed by atoms with Gasteiger partial charge in [-0.25, -0.2) is 9.82 Å². The largest absolute Gasteiger partial charge is 0.352 e. The molecule has 0 bridgehead atoms. The zero-order chi connectivity index (χ0) is 27.7. The summed E-state index contributed by atoms with van der Waals surface area (Å²) in [5.41, 5.74) is 7.19. The number of benzene rings is 2. The zero-order valence-electron chi connectivity index (χ0n) is 22.1. The molecule has 1 aliphatic carbocycles. The maximum absolute atomic E-state index is 13.8. The van der Waals surface area contributed by atoms with E-state index in [0.29, 0.717) is 34.7 Å². The van der Waals surface area contributed by atoms with Gasteiger partial charge in [0.05, 0.1) is 16.4 Å². The van der Waals surface area contributed by atoms with E-state index in [-0.39, 0.29) is 23.7 Å². The normalized spacial score (nSPS) is 21.8. The number of hydrogen-bond acceptors (Lipinski definition) is 4. The van der Waals surface area contributed by atoms with Crippen LogP contribution in [0.3, 0.4) is 0 Å². The number of rotatable bonds is 5. The van der Waals surface area contributed by atoms with Gasteiger partial charge in [0.1, 0.15) is 11.9 Å². The van der Waals surface area contributed by atoms with Crippen molar-refractivity contribution in [3.05, 3.63) is 80.7 Å². The number of halogens is 3. The predicted molar refractivity (Wildman–Crippen MR) is 154 cm³/mol. The van der Waals surface area contributed by atoms with Crippen LogP contribution in [-0.2, 0) is 9.59 Å². The average Bonchev–Trinajstić information content (AvgIpc) is 3.30. The van der Waals surface area contributed by atoms with Gasteiger partial charge < -0.3 is 10.2 Å². The summed E-state index contributed by atoms with van der Waals surface area (Å²) in [5, 5.41) is 6.01. The maximum Gasteiger partial charge on any atom is 0.243 e. The standard InChI is InChI=1S/C30H33Cl2FN4O2/c1-18(21-6-4-3-5-7-21)34-30(39)28-25-17-36(19(2)38)16-22(14-20-8-11-24(33)12-9-20)29(25)37(35-28)27-13-10-23(31)15-26(27)32/h8-15,18,21,28,35H,3-7,16-17H2,1-2H3,(H,34,39)/b22-14+/t18-,28?/m0/s1. The Labute approximate surface area is 238 Å². The topological polar surface area (TPSA) is 64.7 Å². The number of hydrazine groups is 1. The van der Waals surface area contributed by atoms with E-state index in [1.54, 1.807) is 35.2 Å². The van der Waals surface area contributed by atoms with Gasteiger partial charge in [-0.1, -0.05) is 54.6 Å². The quantitative estimate of drug-likeness (QED) is 0.455. The molecule has 1 fully saturated rings. The van der Waals surface area contributed by atoms with E-state index in [4.69, 9.17) is 23.2 Å². The lowest BCUT2D eigenvalue weighted by molar-refractivity contribution is -0.128. The number of amides is 2. The molecule has 2 aromatic rings. The Kier molecular flexibility index (Phi) is 8.31. The number of nitrogens with zero attached hydrogens (tertiary/aromatic N) is 2. The molecule has 0 spiro atoms. The molecule has 39 heavy (non-hydrogen) atoms. The van der Waals surface area contributed by atoms with Crippen LogP contribution in [0.4, 0.5) is 10.1 Å². The highest BCUT2D eigenvalue weighted by atomic mass is 35.5. The lowest BCUT2D eigenvalue weighted by Crippen LogP contribution is -2.51. The van der Waals surface area contributed by atoms with Crippen molar-refractivity contribution < 1.29 is 14.0 Å². The van der Waals surface area contributed by atoms with Crippen LogP contribution >= 0.6 is 23.2 Å². The highest BCUT2D eigenvalue weighted by molar-refractivity contribution is 6.36. The summed E-state index contributed by atoms with van der Waals surface area (Å²) in [6.45, 7) is 4.24. The summed E-state index contributed by atoms with van der Waals surface area (Å²) < 4.78 is 13.6. The second kappa shape index (κ2) is 11.7. The Balaban J connectivity index is 1.56. The van der Waals surface area contributed by atoms with Gasteiger partial charge in [-0.15, -0.1) is 0 Å². The van der Waals surface area contributed by atoms with Crippen LogP contribution in [0.5, 0.6) is 0 Å². The summed E-state index contributed by atoms with van der Waals surface area (Å²) in [7, 11) is 0. The molecular weight excluding hydrogens is 538 g/mol. The Morgan fingerprint density at radius 3 is 2.46 bits per heavy atom. The molecule has 0 saturated heterocycles. The van der Waals surface area contributed by atoms with Crippen molar-refractivity contribution in [1.29, 1.82) is 0 Å². The van der Waals surface area contributed by atoms with Crippen LogP contribution in [-0.4, -0.2) is 41.9 Å². The van der Waals surface area contributed by atoms with E-state index in [1.807, 2.05) is 11.1 Å². The minimum atomic E-state index is -0.698. The third kappa shape index (κ3) is 6.01. The molecule has 206 valence electrons. The van der Waals surface area contributed by atoms with Gasteiger partial charge in [-0.05, 0) is 73.2 Å². The Morgan fingerprint density at radius 1 is 1.08 bits per heavy atom. The molecule has 2 atom stereocenters. The van der Waals surface area contributed by atoms with E-state index < -0.39 is 6.04 Å². The number of carbonyl (C=O) groups is 2. The SMILES string of the molecule is CC(=O)N1CC2=C(/C(=C/c3ccc(F)cc3)C1)N(c1ccc(Cl)cc1Cl)NC2C(=O)N[C@@H](C)C1CCCCC1. The maximum atomic E-state index is 13.8. The van der Waals surface area contributed by atoms with E-state index in [9.17, 15) is 14.0 Å². The first-order valence-electron chi connectivity index (χ1n) is 13.5. The molecule has 2 aliphatic heterocycles. The lowest BCUT2D eigenvalue weighted by Gasteiger charge is -2.33. The zero-order valence-corrected chi connectivity index (χ0v) is 23.7. The molecule has 2 amide bonds. The van der Waals surface area contributed by atoms with Crippen molar-refractivity contribution in [3.63, 3.8) is 0 Å². The summed E-state index contributed by atoms with van der Waals surface area (Å²) in [5.74, 6) is -0.107. The van der Waals surface area contributed by atoms with Crippen LogP contribution in [0, 0.1) is 11.7 Å². The summed E-state index contributed by atoms with van der Waals surface area (Å²) in [6, 6.07) is 10.7. The van der Waals surface area contributed by atoms with Gasteiger partial charge in [-0.2, -0.15) is 0 Å². The van der Waals surface area contributed by atoms with Crippen LogP contribution < -0.4 is 15.8 Å². The van der Waals surface area contributed by atoms with E-state index in [1.165, 1.54) is 38.3 Å². The molecule has 5 rings (SSSR count). The fraction of sp³-hybridized carbons (Fsp3) is 0.400. The second-order valence-corrected chi connectivity index (χ2v) is 11.5. The first kappa shape index (κ1) is 27.7. The number of anilines is 1. The highest BCUT2D eigenvalue weighted by Gasteiger charge is 2.43. The molecule has 2 aromatic carbocycles. The van der Waals surface area contributed by atoms with Gasteiger partial charge in [0, 0.05) is 36.7 Å². The third-order valence-corrected chi connectivity index (χ3v) is 8.49. The minimum Gasteiger partial charge on any atom is -0.352 e. The monoisotopic (exact) mass is 570 g/mol. The van der Waals surface area contributed by atoms with Crippen molar-refractivity contribution in [3.8, 4) is 0 Å². The van der Waals surface area contributed by atoms with Crippen LogP contribution in [0.15, 0.2) is 59.3 Å². The molecule has 6 nitrogen and oxygen atoms in total. The average molecular weight is 572 g/mol. The van der Waals surface area contributed by atoms with E-state index in [2.05, 4.69) is 17.7 Å². The molecule has 9 heteroatoms. The van der Waals surface area contributed by atoms with Crippen molar-refractivity contribution in [2.45, 2.75) is 58.0 Å². The smallest absolute Gasteiger partial charge is 0.243 e. The molecular formula is C30H33Cl2FN4O2. The van der Waals surface area contributed by atoms with Crippen molar-refractivity contribution in [2.75, 3.05) is 18.1 Å². The Bertz CT molecular complexity index is 1320. The molecule has 1 unspecified atom stereocenters. The summed E-state index contributed by atoms with van der Waals surface area (Å²) >= 11 is 12.8. The number of hydrogen-bond donors (Lipinski definition) is 2. The Morgan fingerprint density at radius 2 is 1.79 bits per heavy atom. The van der Waals surface area contributed by atoms with Crippen LogP contribution in [0.25, 0.3) is 6.08 Å². The van der Waals surface area contributed by atoms with Gasteiger partial charge in [0.15, 0.2) is 0 Å². The molecule has 2 heterocycles. The summed E-state index contributed by atoms with van der Waals surface area (Å²) in [4.78, 5) is 28.1. The van der Waals surface area contributed by atoms with Gasteiger partial charge >= 0.3 is 0 Å². The van der Waals surface area contributed by atoms with Gasteiger partial charge in [-0.3, -0.25) is 14.6 Å². The second-order valence-electron chi connectivity index (χ2n) is 10.7. The van der Waals surface area contributed by atoms with Gasteiger partial charge in [0.2, 0.25) is 11.8 Å². The van der Waals surface area contributed by atoms with Gasteiger partial charge in [0.25, 0.3) is 0 Å². The molecule has 3 aliphatic rings. The first-order chi connectivity index (χ1) is 18.7. The molecule has 1 saturated carbocycles. The van der Waals surface area contributed by atoms with Crippen LogP contribution in [0.1, 0.15) is 51.5 Å². The van der Waals surface area contributed by atoms with Crippen molar-refractivity contribution in [2.24, 2.45) is 5.92 Å². The van der Waals surface area contributed by atoms with E-state index >= 15 is 0 Å². The van der Waals surface area contributed by atoms with Crippen molar-refractivity contribution >= 4 is 46.8 Å². The lowest BCUT2D eigenvalue weighted by atomic mass is 9.84. The van der Waals surface area contributed by atoms with Crippen LogP contribution in [0.2, 0.25) is 10.0 Å². The van der Waals surface area contributed by atoms with Crippen molar-refractivity contribution in [1.82, 2.24) is 15.6 Å². The highest BCUT2D eigenvalue weighted by Crippen LogP contribution is 2.40. The molecule has 0 aromatic heterocycles. The molecule has 2 N–H and O–H groups in total. The third-order valence-electron chi connectivity index (χ3n) is 7.96. The predicted octanol–water partition coefficient (Wildman–Crippen LogP) is 6.11. The number of carbonyl (C=O) groups excluding carboxylic acids is 2. The minimum absolute atomic E-state index is 0.0403. The van der Waals surface area contributed by atoms with E-state index in [0.717, 1.165) is 35.2 Å². The molecule has 0 radical (unpaired) electrons. The first-order valence-corrected chi connectivity index (χ1v) is 14.2.